The number of carbonyl (C=O) groups is 1. The molecular formula is C15H22ClN3O5. The van der Waals surface area contributed by atoms with Crippen molar-refractivity contribution in [1.82, 2.24) is 5.32 Å². The number of nitro groups is 1. The van der Waals surface area contributed by atoms with Gasteiger partial charge in [-0.2, -0.15) is 0 Å². The quantitative estimate of drug-likeness (QED) is 0.540. The molecule has 1 unspecified atom stereocenters. The number of nitrogens with zero attached hydrogens (tertiary/aromatic N) is 1. The van der Waals surface area contributed by atoms with Gasteiger partial charge in [0, 0.05) is 18.7 Å². The first-order valence-corrected chi connectivity index (χ1v) is 7.50. The summed E-state index contributed by atoms with van der Waals surface area (Å²) >= 11 is 0. The molecule has 0 aliphatic heterocycles. The Morgan fingerprint density at radius 1 is 1.46 bits per heavy atom. The Labute approximate surface area is 146 Å². The summed E-state index contributed by atoms with van der Waals surface area (Å²) in [7, 11) is 1.38. The molecule has 1 saturated carbocycles. The molecule has 0 heterocycles. The molecule has 0 bridgehead atoms. The predicted octanol–water partition coefficient (Wildman–Crippen LogP) is 1.89. The molecule has 0 radical (unpaired) electrons. The normalized spacial score (nSPS) is 14.3. The second kappa shape index (κ2) is 8.70. The van der Waals surface area contributed by atoms with Crippen molar-refractivity contribution in [3.8, 4) is 11.5 Å². The molecule has 1 amide bonds. The van der Waals surface area contributed by atoms with Crippen LogP contribution in [0, 0.1) is 16.0 Å². The van der Waals surface area contributed by atoms with Crippen molar-refractivity contribution in [2.45, 2.75) is 25.8 Å². The SMILES string of the molecule is CCOc1cc(C(=O)NCC(N)C2CC2)c([N+](=O)[O-])cc1OC.Cl. The van der Waals surface area contributed by atoms with Crippen molar-refractivity contribution in [3.63, 3.8) is 0 Å². The number of hydrogen-bond donors (Lipinski definition) is 2. The first kappa shape index (κ1) is 20.0. The van der Waals surface area contributed by atoms with E-state index in [-0.39, 0.29) is 47.7 Å². The maximum atomic E-state index is 12.3. The molecule has 0 spiro atoms. The highest BCUT2D eigenvalue weighted by Crippen LogP contribution is 2.35. The highest BCUT2D eigenvalue weighted by Gasteiger charge is 2.30. The summed E-state index contributed by atoms with van der Waals surface area (Å²) in [5, 5.41) is 13.9. The number of carbonyl (C=O) groups excluding carboxylic acids is 1. The van der Waals surface area contributed by atoms with Crippen molar-refractivity contribution < 1.29 is 19.2 Å². The van der Waals surface area contributed by atoms with Crippen molar-refractivity contribution in [2.24, 2.45) is 11.7 Å². The molecule has 9 heteroatoms. The van der Waals surface area contributed by atoms with E-state index in [9.17, 15) is 14.9 Å². The minimum Gasteiger partial charge on any atom is -0.493 e. The number of nitrogens with one attached hydrogen (secondary N) is 1. The summed E-state index contributed by atoms with van der Waals surface area (Å²) in [4.78, 5) is 22.9. The number of benzene rings is 1. The molecule has 8 nitrogen and oxygen atoms in total. The zero-order valence-corrected chi connectivity index (χ0v) is 14.4. The van der Waals surface area contributed by atoms with Gasteiger partial charge in [0.15, 0.2) is 11.5 Å². The van der Waals surface area contributed by atoms with E-state index in [2.05, 4.69) is 5.32 Å². The van der Waals surface area contributed by atoms with E-state index < -0.39 is 10.8 Å². The molecule has 134 valence electrons. The van der Waals surface area contributed by atoms with Crippen LogP contribution in [-0.2, 0) is 0 Å². The molecule has 1 aromatic rings. The number of nitro benzene ring substituents is 1. The summed E-state index contributed by atoms with van der Waals surface area (Å²) < 4.78 is 10.5. The molecule has 1 aliphatic carbocycles. The first-order chi connectivity index (χ1) is 11.0. The molecule has 2 rings (SSSR count). The van der Waals surface area contributed by atoms with Gasteiger partial charge in [0.2, 0.25) is 0 Å². The lowest BCUT2D eigenvalue weighted by Gasteiger charge is -2.14. The van der Waals surface area contributed by atoms with Gasteiger partial charge < -0.3 is 20.5 Å². The van der Waals surface area contributed by atoms with Crippen LogP contribution < -0.4 is 20.5 Å². The summed E-state index contributed by atoms with van der Waals surface area (Å²) in [5.74, 6) is 0.388. The van der Waals surface area contributed by atoms with Crippen LogP contribution in [0.2, 0.25) is 0 Å². The average Bonchev–Trinajstić information content (AvgIpc) is 3.36. The molecule has 1 aliphatic rings. The van der Waals surface area contributed by atoms with Gasteiger partial charge in [-0.25, -0.2) is 0 Å². The minimum atomic E-state index is -0.617. The van der Waals surface area contributed by atoms with Crippen LogP contribution in [0.15, 0.2) is 12.1 Å². The third kappa shape index (κ3) is 4.72. The monoisotopic (exact) mass is 359 g/mol. The van der Waals surface area contributed by atoms with Crippen LogP contribution in [-0.4, -0.2) is 37.1 Å². The number of halogens is 1. The lowest BCUT2D eigenvalue weighted by atomic mass is 10.1. The van der Waals surface area contributed by atoms with Crippen molar-refractivity contribution in [2.75, 3.05) is 20.3 Å². The van der Waals surface area contributed by atoms with Gasteiger partial charge >= 0.3 is 0 Å². The minimum absolute atomic E-state index is 0. The van der Waals surface area contributed by atoms with Crippen LogP contribution in [0.3, 0.4) is 0 Å². The van der Waals surface area contributed by atoms with E-state index >= 15 is 0 Å². The number of methoxy groups -OCH3 is 1. The largest absolute Gasteiger partial charge is 0.493 e. The third-order valence-corrected chi connectivity index (χ3v) is 3.75. The van der Waals surface area contributed by atoms with E-state index in [1.807, 2.05) is 0 Å². The molecule has 3 N–H and O–H groups in total. The zero-order chi connectivity index (χ0) is 17.0. The summed E-state index contributed by atoms with van der Waals surface area (Å²) in [5.41, 5.74) is 5.54. The van der Waals surface area contributed by atoms with Crippen LogP contribution in [0.1, 0.15) is 30.1 Å². The molecule has 0 saturated heterocycles. The molecule has 1 aromatic carbocycles. The highest BCUT2D eigenvalue weighted by atomic mass is 35.5. The smallest absolute Gasteiger partial charge is 0.286 e. The van der Waals surface area contributed by atoms with E-state index in [0.717, 1.165) is 12.8 Å². The molecule has 0 aromatic heterocycles. The Bertz CT molecular complexity index is 607. The van der Waals surface area contributed by atoms with Crippen molar-refractivity contribution >= 4 is 24.0 Å². The molecule has 24 heavy (non-hydrogen) atoms. The van der Waals surface area contributed by atoms with Gasteiger partial charge in [-0.1, -0.05) is 0 Å². The second-order valence-electron chi connectivity index (χ2n) is 5.42. The Morgan fingerprint density at radius 3 is 2.62 bits per heavy atom. The fourth-order valence-corrected chi connectivity index (χ4v) is 2.31. The van der Waals surface area contributed by atoms with Gasteiger partial charge in [-0.3, -0.25) is 14.9 Å². The standard InChI is InChI=1S/C15H21N3O5.ClH/c1-3-23-14-6-10(12(18(20)21)7-13(14)22-2)15(19)17-8-11(16)9-4-5-9;/h6-7,9,11H,3-5,8,16H2,1-2H3,(H,17,19);1H. The van der Waals surface area contributed by atoms with Gasteiger partial charge in [-0.15, -0.1) is 12.4 Å². The molecular weight excluding hydrogens is 338 g/mol. The van der Waals surface area contributed by atoms with E-state index in [1.54, 1.807) is 6.92 Å². The number of hydrogen-bond acceptors (Lipinski definition) is 6. The Balaban J connectivity index is 0.00000288. The van der Waals surface area contributed by atoms with E-state index in [4.69, 9.17) is 15.2 Å². The van der Waals surface area contributed by atoms with Crippen LogP contribution in [0.25, 0.3) is 0 Å². The van der Waals surface area contributed by atoms with Crippen LogP contribution in [0.5, 0.6) is 11.5 Å². The van der Waals surface area contributed by atoms with Gasteiger partial charge in [0.25, 0.3) is 11.6 Å². The Kier molecular flexibility index (Phi) is 7.24. The summed E-state index contributed by atoms with van der Waals surface area (Å²) in [6.45, 7) is 2.41. The average molecular weight is 360 g/mol. The highest BCUT2D eigenvalue weighted by molar-refractivity contribution is 5.99. The maximum absolute atomic E-state index is 12.3. The summed E-state index contributed by atoms with van der Waals surface area (Å²) in [6.07, 6.45) is 2.13. The summed E-state index contributed by atoms with van der Waals surface area (Å²) in [6, 6.07) is 2.40. The third-order valence-electron chi connectivity index (χ3n) is 3.75. The fraction of sp³-hybridized carbons (Fsp3) is 0.533. The number of ether oxygens (including phenoxy) is 2. The topological polar surface area (TPSA) is 117 Å². The second-order valence-corrected chi connectivity index (χ2v) is 5.42. The zero-order valence-electron chi connectivity index (χ0n) is 13.6. The van der Waals surface area contributed by atoms with Crippen molar-refractivity contribution in [1.29, 1.82) is 0 Å². The first-order valence-electron chi connectivity index (χ1n) is 7.50. The molecule has 1 fully saturated rings. The fourth-order valence-electron chi connectivity index (χ4n) is 2.31. The lowest BCUT2D eigenvalue weighted by molar-refractivity contribution is -0.385. The van der Waals surface area contributed by atoms with Gasteiger partial charge in [0.05, 0.1) is 24.7 Å². The Hall–Kier alpha value is -2.06. The maximum Gasteiger partial charge on any atom is 0.286 e. The van der Waals surface area contributed by atoms with Gasteiger partial charge in [0.1, 0.15) is 5.56 Å². The van der Waals surface area contributed by atoms with E-state index in [1.165, 1.54) is 19.2 Å². The number of rotatable bonds is 8. The predicted molar refractivity (Wildman–Crippen MR) is 91.1 cm³/mol. The lowest BCUT2D eigenvalue weighted by Crippen LogP contribution is -2.38. The Morgan fingerprint density at radius 2 is 2.12 bits per heavy atom. The van der Waals surface area contributed by atoms with Crippen LogP contribution >= 0.6 is 12.4 Å². The number of amides is 1. The van der Waals surface area contributed by atoms with Crippen molar-refractivity contribution in [3.05, 3.63) is 27.8 Å². The van der Waals surface area contributed by atoms with E-state index in [0.29, 0.717) is 12.5 Å². The van der Waals surface area contributed by atoms with Gasteiger partial charge in [-0.05, 0) is 25.7 Å². The number of nitrogens with two attached hydrogens (primary N) is 1. The van der Waals surface area contributed by atoms with Crippen LogP contribution in [0.4, 0.5) is 5.69 Å². The molecule has 1 atom stereocenters.